The normalized spacial score (nSPS) is 17.8. The Morgan fingerprint density at radius 1 is 1.38 bits per heavy atom. The summed E-state index contributed by atoms with van der Waals surface area (Å²) in [6, 6.07) is 6.61. The minimum absolute atomic E-state index is 0.0413. The minimum Gasteiger partial charge on any atom is -0.493 e. The summed E-state index contributed by atoms with van der Waals surface area (Å²) in [5.41, 5.74) is 2.43. The molecule has 0 bridgehead atoms. The SMILES string of the molecule is Cc1cccc2c1OCCCC2NCCNC(=O)C(C)C. The number of aryl methyl sites for hydroxylation is 1. The summed E-state index contributed by atoms with van der Waals surface area (Å²) in [6.45, 7) is 8.12. The average Bonchev–Trinajstić information content (AvgIpc) is 2.67. The van der Waals surface area contributed by atoms with Crippen molar-refractivity contribution in [3.63, 3.8) is 0 Å². The van der Waals surface area contributed by atoms with Crippen LogP contribution in [0.2, 0.25) is 0 Å². The Balaban J connectivity index is 1.92. The molecule has 4 nitrogen and oxygen atoms in total. The summed E-state index contributed by atoms with van der Waals surface area (Å²) in [7, 11) is 0. The van der Waals surface area contributed by atoms with Crippen LogP contribution in [-0.4, -0.2) is 25.6 Å². The molecular weight excluding hydrogens is 264 g/mol. The van der Waals surface area contributed by atoms with Crippen LogP contribution < -0.4 is 15.4 Å². The van der Waals surface area contributed by atoms with E-state index in [2.05, 4.69) is 35.8 Å². The number of rotatable bonds is 5. The molecule has 0 fully saturated rings. The van der Waals surface area contributed by atoms with Crippen molar-refractivity contribution in [1.29, 1.82) is 0 Å². The van der Waals surface area contributed by atoms with Gasteiger partial charge < -0.3 is 15.4 Å². The summed E-state index contributed by atoms with van der Waals surface area (Å²) in [5, 5.41) is 6.48. The van der Waals surface area contributed by atoms with Gasteiger partial charge in [0.1, 0.15) is 5.75 Å². The Labute approximate surface area is 127 Å². The molecule has 1 aliphatic heterocycles. The number of amides is 1. The van der Waals surface area contributed by atoms with E-state index in [1.54, 1.807) is 0 Å². The molecular formula is C17H26N2O2. The predicted molar refractivity (Wildman–Crippen MR) is 84.5 cm³/mol. The Kier molecular flexibility index (Phi) is 5.62. The number of hydrogen-bond acceptors (Lipinski definition) is 3. The second-order valence-corrected chi connectivity index (χ2v) is 5.94. The zero-order valence-electron chi connectivity index (χ0n) is 13.2. The summed E-state index contributed by atoms with van der Waals surface area (Å²) in [6.07, 6.45) is 2.11. The molecule has 2 N–H and O–H groups in total. The lowest BCUT2D eigenvalue weighted by Gasteiger charge is -2.19. The largest absolute Gasteiger partial charge is 0.493 e. The zero-order valence-corrected chi connectivity index (χ0v) is 13.2. The molecule has 0 radical (unpaired) electrons. The van der Waals surface area contributed by atoms with Crippen molar-refractivity contribution in [2.75, 3.05) is 19.7 Å². The first-order valence-electron chi connectivity index (χ1n) is 7.83. The maximum atomic E-state index is 11.5. The van der Waals surface area contributed by atoms with Gasteiger partial charge in [-0.2, -0.15) is 0 Å². The van der Waals surface area contributed by atoms with Crippen molar-refractivity contribution in [3.05, 3.63) is 29.3 Å². The highest BCUT2D eigenvalue weighted by molar-refractivity contribution is 5.77. The molecule has 0 aromatic heterocycles. The second kappa shape index (κ2) is 7.46. The second-order valence-electron chi connectivity index (χ2n) is 5.94. The molecule has 21 heavy (non-hydrogen) atoms. The molecule has 2 rings (SSSR count). The highest BCUT2D eigenvalue weighted by Crippen LogP contribution is 2.33. The number of ether oxygens (including phenoxy) is 1. The quantitative estimate of drug-likeness (QED) is 0.820. The van der Waals surface area contributed by atoms with E-state index in [4.69, 9.17) is 4.74 Å². The van der Waals surface area contributed by atoms with Gasteiger partial charge in [0.2, 0.25) is 5.91 Å². The maximum Gasteiger partial charge on any atom is 0.222 e. The lowest BCUT2D eigenvalue weighted by Crippen LogP contribution is -2.35. The summed E-state index contributed by atoms with van der Waals surface area (Å²) in [4.78, 5) is 11.5. The van der Waals surface area contributed by atoms with Crippen molar-refractivity contribution >= 4 is 5.91 Å². The lowest BCUT2D eigenvalue weighted by atomic mass is 10.00. The molecule has 1 aromatic carbocycles. The Morgan fingerprint density at radius 3 is 2.95 bits per heavy atom. The van der Waals surface area contributed by atoms with Gasteiger partial charge in [-0.15, -0.1) is 0 Å². The Hall–Kier alpha value is -1.55. The van der Waals surface area contributed by atoms with Crippen molar-refractivity contribution < 1.29 is 9.53 Å². The fourth-order valence-corrected chi connectivity index (χ4v) is 2.61. The van der Waals surface area contributed by atoms with E-state index in [9.17, 15) is 4.79 Å². The first-order valence-corrected chi connectivity index (χ1v) is 7.83. The first-order chi connectivity index (χ1) is 10.1. The van der Waals surface area contributed by atoms with Crippen LogP contribution in [0.5, 0.6) is 5.75 Å². The molecule has 4 heteroatoms. The Morgan fingerprint density at radius 2 is 2.19 bits per heavy atom. The molecule has 1 unspecified atom stereocenters. The number of nitrogens with one attached hydrogen (secondary N) is 2. The van der Waals surface area contributed by atoms with Crippen LogP contribution in [0, 0.1) is 12.8 Å². The third kappa shape index (κ3) is 4.21. The molecule has 1 aliphatic rings. The van der Waals surface area contributed by atoms with Gasteiger partial charge in [-0.1, -0.05) is 32.0 Å². The van der Waals surface area contributed by atoms with E-state index in [1.807, 2.05) is 13.8 Å². The van der Waals surface area contributed by atoms with Crippen LogP contribution in [0.1, 0.15) is 43.9 Å². The third-order valence-corrected chi connectivity index (χ3v) is 3.84. The molecule has 0 saturated heterocycles. The number of fused-ring (bicyclic) bond motifs is 1. The summed E-state index contributed by atoms with van der Waals surface area (Å²) < 4.78 is 5.88. The van der Waals surface area contributed by atoms with Gasteiger partial charge >= 0.3 is 0 Å². The van der Waals surface area contributed by atoms with E-state index in [-0.39, 0.29) is 11.8 Å². The number of hydrogen-bond donors (Lipinski definition) is 2. The molecule has 0 aliphatic carbocycles. The molecule has 0 saturated carbocycles. The van der Waals surface area contributed by atoms with E-state index in [0.29, 0.717) is 12.6 Å². The van der Waals surface area contributed by atoms with E-state index in [1.165, 1.54) is 11.1 Å². The van der Waals surface area contributed by atoms with Gasteiger partial charge in [-0.05, 0) is 25.3 Å². The zero-order chi connectivity index (χ0) is 15.2. The van der Waals surface area contributed by atoms with E-state index >= 15 is 0 Å². The first kappa shape index (κ1) is 15.8. The highest BCUT2D eigenvalue weighted by Gasteiger charge is 2.20. The molecule has 0 spiro atoms. The van der Waals surface area contributed by atoms with E-state index < -0.39 is 0 Å². The van der Waals surface area contributed by atoms with Crippen molar-refractivity contribution in [3.8, 4) is 5.75 Å². The van der Waals surface area contributed by atoms with Crippen molar-refractivity contribution in [2.45, 2.75) is 39.7 Å². The van der Waals surface area contributed by atoms with Crippen LogP contribution in [-0.2, 0) is 4.79 Å². The molecule has 1 aromatic rings. The van der Waals surface area contributed by atoms with Crippen LogP contribution in [0.15, 0.2) is 18.2 Å². The van der Waals surface area contributed by atoms with Crippen LogP contribution in [0.3, 0.4) is 0 Å². The fourth-order valence-electron chi connectivity index (χ4n) is 2.61. The van der Waals surface area contributed by atoms with Gasteiger partial charge in [0.25, 0.3) is 0 Å². The van der Waals surface area contributed by atoms with Crippen LogP contribution in [0.25, 0.3) is 0 Å². The Bertz CT molecular complexity index is 486. The number of carbonyl (C=O) groups excluding carboxylic acids is 1. The van der Waals surface area contributed by atoms with Gasteiger partial charge in [-0.25, -0.2) is 0 Å². The summed E-state index contributed by atoms with van der Waals surface area (Å²) >= 11 is 0. The van der Waals surface area contributed by atoms with Gasteiger partial charge in [0, 0.05) is 30.6 Å². The summed E-state index contributed by atoms with van der Waals surface area (Å²) in [5.74, 6) is 1.18. The number of carbonyl (C=O) groups is 1. The molecule has 1 atom stereocenters. The monoisotopic (exact) mass is 290 g/mol. The van der Waals surface area contributed by atoms with Crippen molar-refractivity contribution in [1.82, 2.24) is 10.6 Å². The van der Waals surface area contributed by atoms with E-state index in [0.717, 1.165) is 31.7 Å². The number of benzene rings is 1. The lowest BCUT2D eigenvalue weighted by molar-refractivity contribution is -0.123. The van der Waals surface area contributed by atoms with Gasteiger partial charge in [-0.3, -0.25) is 4.79 Å². The number of para-hydroxylation sites is 1. The topological polar surface area (TPSA) is 50.4 Å². The minimum atomic E-state index is 0.0413. The van der Waals surface area contributed by atoms with Crippen LogP contribution in [0.4, 0.5) is 0 Å². The van der Waals surface area contributed by atoms with Crippen molar-refractivity contribution in [2.24, 2.45) is 5.92 Å². The molecule has 1 amide bonds. The molecule has 116 valence electrons. The fraction of sp³-hybridized carbons (Fsp3) is 0.588. The predicted octanol–water partition coefficient (Wildman–Crippen LogP) is 2.57. The smallest absolute Gasteiger partial charge is 0.222 e. The maximum absolute atomic E-state index is 11.5. The van der Waals surface area contributed by atoms with Gasteiger partial charge in [0.15, 0.2) is 0 Å². The standard InChI is InChI=1S/C17H26N2O2/c1-12(2)17(20)19-10-9-18-15-8-5-11-21-16-13(3)6-4-7-14(15)16/h4,6-7,12,15,18H,5,8-11H2,1-3H3,(H,19,20). The average molecular weight is 290 g/mol. The van der Waals surface area contributed by atoms with Crippen LogP contribution >= 0.6 is 0 Å². The highest BCUT2D eigenvalue weighted by atomic mass is 16.5. The third-order valence-electron chi connectivity index (χ3n) is 3.84. The van der Waals surface area contributed by atoms with Gasteiger partial charge in [0.05, 0.1) is 6.61 Å². The molecule has 1 heterocycles.